The number of ether oxygens (including phenoxy) is 1. The van der Waals surface area contributed by atoms with E-state index in [0.717, 1.165) is 9.37 Å². The number of imide groups is 1. The van der Waals surface area contributed by atoms with Crippen molar-refractivity contribution in [2.24, 2.45) is 0 Å². The zero-order valence-corrected chi connectivity index (χ0v) is 14.8. The molecular weight excluding hydrogens is 391 g/mol. The van der Waals surface area contributed by atoms with Gasteiger partial charge >= 0.3 is 6.03 Å². The molecule has 0 spiro atoms. The molecule has 0 aromatic heterocycles. The highest BCUT2D eigenvalue weighted by atomic mass is 79.9. The number of hydrogen-bond acceptors (Lipinski definition) is 3. The first-order valence-corrected chi connectivity index (χ1v) is 8.21. The molecule has 0 bridgehead atoms. The molecule has 3 amide bonds. The number of halogens is 2. The highest BCUT2D eigenvalue weighted by molar-refractivity contribution is 9.10. The van der Waals surface area contributed by atoms with Crippen LogP contribution in [0.1, 0.15) is 11.1 Å². The molecule has 2 aromatic carbocycles. The van der Waals surface area contributed by atoms with Gasteiger partial charge in [-0.3, -0.25) is 9.69 Å². The third-order valence-corrected chi connectivity index (χ3v) is 4.13. The maximum Gasteiger partial charge on any atom is 0.328 e. The van der Waals surface area contributed by atoms with Gasteiger partial charge < -0.3 is 10.1 Å². The van der Waals surface area contributed by atoms with Crippen LogP contribution in [0.4, 0.5) is 9.18 Å². The van der Waals surface area contributed by atoms with Crippen LogP contribution in [-0.4, -0.2) is 23.9 Å². The third kappa shape index (κ3) is 3.88. The summed E-state index contributed by atoms with van der Waals surface area (Å²) in [7, 11) is 1.40. The molecule has 1 aliphatic heterocycles. The molecule has 0 saturated carbocycles. The number of likely N-dealkylation sites (N-methyl/N-ethyl adjacent to an activating group) is 1. The quantitative estimate of drug-likeness (QED) is 0.624. The molecule has 1 fully saturated rings. The van der Waals surface area contributed by atoms with Gasteiger partial charge in [0.2, 0.25) is 0 Å². The topological polar surface area (TPSA) is 58.6 Å². The van der Waals surface area contributed by atoms with Crippen LogP contribution in [0.3, 0.4) is 0 Å². The summed E-state index contributed by atoms with van der Waals surface area (Å²) in [6.07, 6.45) is 1.55. The van der Waals surface area contributed by atoms with Crippen LogP contribution < -0.4 is 10.1 Å². The number of rotatable bonds is 4. The highest BCUT2D eigenvalue weighted by Crippen LogP contribution is 2.27. The van der Waals surface area contributed by atoms with Gasteiger partial charge in [0.25, 0.3) is 5.91 Å². The Morgan fingerprint density at radius 3 is 2.72 bits per heavy atom. The lowest BCUT2D eigenvalue weighted by Gasteiger charge is -2.10. The van der Waals surface area contributed by atoms with Gasteiger partial charge in [0.15, 0.2) is 0 Å². The average Bonchev–Trinajstić information content (AvgIpc) is 2.81. The first kappa shape index (κ1) is 17.2. The zero-order chi connectivity index (χ0) is 18.0. The second-order valence-electron chi connectivity index (χ2n) is 5.45. The lowest BCUT2D eigenvalue weighted by atomic mass is 10.1. The van der Waals surface area contributed by atoms with Gasteiger partial charge in [-0.05, 0) is 42.0 Å². The molecule has 0 unspecified atom stereocenters. The molecule has 2 aromatic rings. The van der Waals surface area contributed by atoms with Crippen LogP contribution in [0.25, 0.3) is 6.08 Å². The van der Waals surface area contributed by atoms with E-state index in [1.54, 1.807) is 36.4 Å². The predicted octanol–water partition coefficient (Wildman–Crippen LogP) is 3.69. The average molecular weight is 405 g/mol. The summed E-state index contributed by atoms with van der Waals surface area (Å²) in [6, 6.07) is 11.0. The van der Waals surface area contributed by atoms with E-state index in [1.807, 2.05) is 0 Å². The fraction of sp³-hybridized carbons (Fsp3) is 0.111. The van der Waals surface area contributed by atoms with E-state index in [1.165, 1.54) is 19.2 Å². The fourth-order valence-corrected chi connectivity index (χ4v) is 2.71. The molecule has 3 rings (SSSR count). The van der Waals surface area contributed by atoms with Crippen molar-refractivity contribution in [3.05, 3.63) is 69.6 Å². The Hall–Kier alpha value is -2.67. The lowest BCUT2D eigenvalue weighted by Crippen LogP contribution is -2.25. The number of carbonyl (C=O) groups excluding carboxylic acids is 2. The fourth-order valence-electron chi connectivity index (χ4n) is 2.33. The van der Waals surface area contributed by atoms with E-state index < -0.39 is 11.9 Å². The minimum absolute atomic E-state index is 0.168. The van der Waals surface area contributed by atoms with E-state index in [4.69, 9.17) is 4.74 Å². The zero-order valence-electron chi connectivity index (χ0n) is 13.3. The summed E-state index contributed by atoms with van der Waals surface area (Å²) >= 11 is 3.37. The van der Waals surface area contributed by atoms with E-state index in [2.05, 4.69) is 21.2 Å². The molecule has 1 heterocycles. The van der Waals surface area contributed by atoms with Crippen LogP contribution >= 0.6 is 15.9 Å². The maximum absolute atomic E-state index is 13.3. The first-order valence-electron chi connectivity index (χ1n) is 7.41. The van der Waals surface area contributed by atoms with Crippen molar-refractivity contribution in [2.45, 2.75) is 6.61 Å². The summed E-state index contributed by atoms with van der Waals surface area (Å²) in [5.41, 5.74) is 1.47. The van der Waals surface area contributed by atoms with Crippen molar-refractivity contribution in [1.82, 2.24) is 10.2 Å². The smallest absolute Gasteiger partial charge is 0.328 e. The summed E-state index contributed by atoms with van der Waals surface area (Å²) < 4.78 is 19.8. The number of urea groups is 1. The minimum atomic E-state index is -0.478. The molecule has 1 saturated heterocycles. The Morgan fingerprint density at radius 1 is 1.24 bits per heavy atom. The number of nitrogens with one attached hydrogen (secondary N) is 1. The molecule has 0 atom stereocenters. The summed E-state index contributed by atoms with van der Waals surface area (Å²) in [6.45, 7) is 0.176. The molecule has 5 nitrogen and oxygen atoms in total. The summed E-state index contributed by atoms with van der Waals surface area (Å²) in [5.74, 6) is -0.237. The second kappa shape index (κ2) is 7.06. The minimum Gasteiger partial charge on any atom is -0.488 e. The molecule has 1 aliphatic rings. The monoisotopic (exact) mass is 404 g/mol. The van der Waals surface area contributed by atoms with E-state index >= 15 is 0 Å². The highest BCUT2D eigenvalue weighted by Gasteiger charge is 2.30. The van der Waals surface area contributed by atoms with Gasteiger partial charge in [-0.25, -0.2) is 9.18 Å². The Balaban J connectivity index is 1.86. The lowest BCUT2D eigenvalue weighted by molar-refractivity contribution is -0.121. The number of amides is 3. The molecule has 128 valence electrons. The van der Waals surface area contributed by atoms with Crippen molar-refractivity contribution < 1.29 is 18.7 Å². The van der Waals surface area contributed by atoms with Crippen LogP contribution in [-0.2, 0) is 11.4 Å². The van der Waals surface area contributed by atoms with Crippen LogP contribution in [0.5, 0.6) is 5.75 Å². The van der Waals surface area contributed by atoms with E-state index in [9.17, 15) is 14.0 Å². The third-order valence-electron chi connectivity index (χ3n) is 3.64. The van der Waals surface area contributed by atoms with Crippen molar-refractivity contribution in [1.29, 1.82) is 0 Å². The molecular formula is C18H14BrFN2O3. The second-order valence-corrected chi connectivity index (χ2v) is 6.37. The summed E-state index contributed by atoms with van der Waals surface area (Å²) in [5, 5.41) is 2.51. The number of hydrogen-bond donors (Lipinski definition) is 1. The van der Waals surface area contributed by atoms with Gasteiger partial charge in [0, 0.05) is 17.1 Å². The Labute approximate surface area is 152 Å². The van der Waals surface area contributed by atoms with Crippen LogP contribution in [0.2, 0.25) is 0 Å². The Bertz CT molecular complexity index is 882. The normalized spacial score (nSPS) is 15.6. The van der Waals surface area contributed by atoms with Gasteiger partial charge in [-0.1, -0.05) is 28.1 Å². The Kier molecular flexibility index (Phi) is 4.85. The largest absolute Gasteiger partial charge is 0.488 e. The standard InChI is InChI=1S/C18H14BrFN2O3/c1-22-17(23)15(21-18(22)24)9-12-8-13(19)5-6-16(12)25-10-11-3-2-4-14(20)7-11/h2-9H,10H2,1H3,(H,21,24)/b15-9+. The number of nitrogens with zero attached hydrogens (tertiary/aromatic N) is 1. The van der Waals surface area contributed by atoms with Crippen molar-refractivity contribution in [3.63, 3.8) is 0 Å². The SMILES string of the molecule is CN1C(=O)N/C(=C/c2cc(Br)ccc2OCc2cccc(F)c2)C1=O. The molecule has 7 heteroatoms. The molecule has 0 radical (unpaired) electrons. The predicted molar refractivity (Wildman–Crippen MR) is 94.2 cm³/mol. The first-order chi connectivity index (χ1) is 11.9. The van der Waals surface area contributed by atoms with E-state index in [-0.39, 0.29) is 18.1 Å². The van der Waals surface area contributed by atoms with Crippen molar-refractivity contribution in [2.75, 3.05) is 7.05 Å². The van der Waals surface area contributed by atoms with E-state index in [0.29, 0.717) is 16.9 Å². The van der Waals surface area contributed by atoms with Crippen LogP contribution in [0.15, 0.2) is 52.6 Å². The van der Waals surface area contributed by atoms with Crippen LogP contribution in [0, 0.1) is 5.82 Å². The van der Waals surface area contributed by atoms with Crippen molar-refractivity contribution >= 4 is 33.9 Å². The summed E-state index contributed by atoms with van der Waals surface area (Å²) in [4.78, 5) is 24.6. The van der Waals surface area contributed by atoms with Crippen molar-refractivity contribution in [3.8, 4) is 5.75 Å². The molecule has 1 N–H and O–H groups in total. The maximum atomic E-state index is 13.3. The Morgan fingerprint density at radius 2 is 2.04 bits per heavy atom. The van der Waals surface area contributed by atoms with Gasteiger partial charge in [-0.15, -0.1) is 0 Å². The molecule has 25 heavy (non-hydrogen) atoms. The van der Waals surface area contributed by atoms with Gasteiger partial charge in [-0.2, -0.15) is 0 Å². The molecule has 0 aliphatic carbocycles. The number of benzene rings is 2. The van der Waals surface area contributed by atoms with Gasteiger partial charge in [0.1, 0.15) is 23.9 Å². The van der Waals surface area contributed by atoms with Gasteiger partial charge in [0.05, 0.1) is 0 Å². The number of carbonyl (C=O) groups is 2.